The Bertz CT molecular complexity index is 1040. The summed E-state index contributed by atoms with van der Waals surface area (Å²) in [5.41, 5.74) is 2.85. The van der Waals surface area contributed by atoms with E-state index >= 15 is 0 Å². The van der Waals surface area contributed by atoms with E-state index in [0.29, 0.717) is 29.9 Å². The maximum absolute atomic E-state index is 12.8. The number of pyridine rings is 2. The molecule has 0 unspecified atom stereocenters. The van der Waals surface area contributed by atoms with Crippen LogP contribution in [0.15, 0.2) is 67.1 Å². The van der Waals surface area contributed by atoms with Gasteiger partial charge in [-0.3, -0.25) is 14.6 Å². The van der Waals surface area contributed by atoms with Crippen molar-refractivity contribution in [1.29, 1.82) is 0 Å². The highest BCUT2D eigenvalue weighted by molar-refractivity contribution is 6.21. The number of carbonyl (C=O) groups excluding carboxylic acids is 2. The summed E-state index contributed by atoms with van der Waals surface area (Å²) >= 11 is 5.94. The Balaban J connectivity index is 1.49. The topological polar surface area (TPSA) is 84.0 Å². The predicted octanol–water partition coefficient (Wildman–Crippen LogP) is 4.35. The highest BCUT2D eigenvalue weighted by Crippen LogP contribution is 2.32. The minimum atomic E-state index is -0.308. The molecule has 0 spiro atoms. The molecule has 3 aromatic rings. The van der Waals surface area contributed by atoms with Crippen molar-refractivity contribution in [2.24, 2.45) is 5.92 Å². The molecule has 2 N–H and O–H groups in total. The minimum Gasteiger partial charge on any atom is -0.320 e. The Kier molecular flexibility index (Phi) is 5.53. The van der Waals surface area contributed by atoms with Crippen LogP contribution in [-0.4, -0.2) is 27.2 Å². The summed E-state index contributed by atoms with van der Waals surface area (Å²) in [5, 5.41) is 5.72. The molecule has 1 aliphatic rings. The zero-order chi connectivity index (χ0) is 20.2. The molecule has 146 valence electrons. The van der Waals surface area contributed by atoms with Gasteiger partial charge in [0.1, 0.15) is 5.82 Å². The highest BCUT2D eigenvalue weighted by atomic mass is 35.5. The van der Waals surface area contributed by atoms with Crippen LogP contribution in [0.4, 0.5) is 11.5 Å². The number of alkyl halides is 1. The molecule has 2 amide bonds. The van der Waals surface area contributed by atoms with E-state index in [9.17, 15) is 9.59 Å². The summed E-state index contributed by atoms with van der Waals surface area (Å²) in [6, 6.07) is 14.8. The Morgan fingerprint density at radius 3 is 2.55 bits per heavy atom. The van der Waals surface area contributed by atoms with Gasteiger partial charge in [0.2, 0.25) is 5.91 Å². The third kappa shape index (κ3) is 4.43. The second-order valence-electron chi connectivity index (χ2n) is 6.93. The van der Waals surface area contributed by atoms with Gasteiger partial charge in [-0.2, -0.15) is 0 Å². The number of anilines is 2. The van der Waals surface area contributed by atoms with Crippen molar-refractivity contribution in [3.05, 3.63) is 72.7 Å². The van der Waals surface area contributed by atoms with E-state index in [1.165, 1.54) is 6.20 Å². The van der Waals surface area contributed by atoms with Crippen molar-refractivity contribution in [2.45, 2.75) is 18.2 Å². The number of nitrogens with one attached hydrogen (secondary N) is 2. The molecule has 7 heteroatoms. The van der Waals surface area contributed by atoms with Crippen LogP contribution in [0.25, 0.3) is 11.1 Å². The summed E-state index contributed by atoms with van der Waals surface area (Å²) < 4.78 is 0. The number of halogens is 1. The molecule has 1 aromatic carbocycles. The SMILES string of the molecule is O=C(Nc1cnccc1-c1ccccc1)c1ccnc(NC(=O)[C@H]2C[C@H](Cl)C2)c1. The number of nitrogens with zero attached hydrogens (tertiary/aromatic N) is 2. The largest absolute Gasteiger partial charge is 0.320 e. The highest BCUT2D eigenvalue weighted by Gasteiger charge is 2.33. The van der Waals surface area contributed by atoms with Gasteiger partial charge < -0.3 is 10.6 Å². The van der Waals surface area contributed by atoms with Crippen molar-refractivity contribution in [2.75, 3.05) is 10.6 Å². The first kappa shape index (κ1) is 19.1. The molecular formula is C22H19ClN4O2. The summed E-state index contributed by atoms with van der Waals surface area (Å²) in [7, 11) is 0. The maximum atomic E-state index is 12.8. The zero-order valence-corrected chi connectivity index (χ0v) is 16.3. The van der Waals surface area contributed by atoms with E-state index in [1.807, 2.05) is 36.4 Å². The van der Waals surface area contributed by atoms with E-state index in [2.05, 4.69) is 20.6 Å². The van der Waals surface area contributed by atoms with Crippen LogP contribution in [0, 0.1) is 5.92 Å². The number of rotatable bonds is 5. The first-order valence-corrected chi connectivity index (χ1v) is 9.75. The van der Waals surface area contributed by atoms with Gasteiger partial charge in [0.05, 0.1) is 11.9 Å². The first-order chi connectivity index (χ1) is 14.1. The number of amides is 2. The van der Waals surface area contributed by atoms with Gasteiger partial charge in [0, 0.05) is 34.8 Å². The van der Waals surface area contributed by atoms with Crippen molar-refractivity contribution in [1.82, 2.24) is 9.97 Å². The molecule has 0 atom stereocenters. The molecule has 4 rings (SSSR count). The second-order valence-corrected chi connectivity index (χ2v) is 7.54. The van der Waals surface area contributed by atoms with Crippen molar-refractivity contribution in [3.63, 3.8) is 0 Å². The van der Waals surface area contributed by atoms with Gasteiger partial charge in [0.25, 0.3) is 5.91 Å². The molecule has 0 saturated heterocycles. The average molecular weight is 407 g/mol. The fraction of sp³-hybridized carbons (Fsp3) is 0.182. The fourth-order valence-corrected chi connectivity index (χ4v) is 3.62. The second kappa shape index (κ2) is 8.41. The molecule has 29 heavy (non-hydrogen) atoms. The lowest BCUT2D eigenvalue weighted by Gasteiger charge is -2.29. The van der Waals surface area contributed by atoms with Crippen LogP contribution in [0.5, 0.6) is 0 Å². The molecule has 0 radical (unpaired) electrons. The molecule has 1 saturated carbocycles. The summed E-state index contributed by atoms with van der Waals surface area (Å²) in [5.74, 6) is -0.182. The molecular weight excluding hydrogens is 388 g/mol. The Morgan fingerprint density at radius 1 is 1.00 bits per heavy atom. The van der Waals surface area contributed by atoms with E-state index in [-0.39, 0.29) is 23.1 Å². The molecule has 2 heterocycles. The van der Waals surface area contributed by atoms with Crippen LogP contribution in [0.3, 0.4) is 0 Å². The predicted molar refractivity (Wildman–Crippen MR) is 113 cm³/mol. The Morgan fingerprint density at radius 2 is 1.79 bits per heavy atom. The lowest BCUT2D eigenvalue weighted by atomic mass is 9.84. The van der Waals surface area contributed by atoms with E-state index in [0.717, 1.165) is 11.1 Å². The number of hydrogen-bond donors (Lipinski definition) is 2. The van der Waals surface area contributed by atoms with Gasteiger partial charge in [-0.15, -0.1) is 11.6 Å². The Hall–Kier alpha value is -3.25. The summed E-state index contributed by atoms with van der Waals surface area (Å²) in [6.07, 6.45) is 6.12. The molecule has 1 aliphatic carbocycles. The van der Waals surface area contributed by atoms with Crippen LogP contribution in [0.1, 0.15) is 23.2 Å². The number of hydrogen-bond acceptors (Lipinski definition) is 4. The molecule has 0 aliphatic heterocycles. The van der Waals surface area contributed by atoms with Crippen LogP contribution in [-0.2, 0) is 4.79 Å². The van der Waals surface area contributed by atoms with Gasteiger partial charge in [-0.1, -0.05) is 30.3 Å². The van der Waals surface area contributed by atoms with Crippen molar-refractivity contribution in [3.8, 4) is 11.1 Å². The third-order valence-electron chi connectivity index (χ3n) is 4.88. The minimum absolute atomic E-state index is 0.0640. The van der Waals surface area contributed by atoms with Crippen molar-refractivity contribution < 1.29 is 9.59 Å². The lowest BCUT2D eigenvalue weighted by molar-refractivity contribution is -0.122. The molecule has 2 aromatic heterocycles. The third-order valence-corrected chi connectivity index (χ3v) is 5.24. The lowest BCUT2D eigenvalue weighted by Crippen LogP contribution is -2.35. The maximum Gasteiger partial charge on any atom is 0.255 e. The quantitative estimate of drug-likeness (QED) is 0.617. The standard InChI is InChI=1S/C22H19ClN4O2/c23-17-10-16(11-17)22(29)27-20-12-15(6-9-25-20)21(28)26-19-13-24-8-7-18(19)14-4-2-1-3-5-14/h1-9,12-13,16-17H,10-11H2,(H,26,28)(H,25,27,29)/t16-,17-. The van der Waals surface area contributed by atoms with Crippen LogP contribution < -0.4 is 10.6 Å². The van der Waals surface area contributed by atoms with Crippen LogP contribution in [0.2, 0.25) is 0 Å². The molecule has 0 bridgehead atoms. The molecule has 1 fully saturated rings. The van der Waals surface area contributed by atoms with Crippen LogP contribution >= 0.6 is 11.6 Å². The summed E-state index contributed by atoms with van der Waals surface area (Å²) in [4.78, 5) is 33.2. The number of benzene rings is 1. The van der Waals surface area contributed by atoms with E-state index < -0.39 is 0 Å². The van der Waals surface area contributed by atoms with Gasteiger partial charge >= 0.3 is 0 Å². The van der Waals surface area contributed by atoms with E-state index in [1.54, 1.807) is 24.5 Å². The smallest absolute Gasteiger partial charge is 0.255 e. The summed E-state index contributed by atoms with van der Waals surface area (Å²) in [6.45, 7) is 0. The molecule has 6 nitrogen and oxygen atoms in total. The van der Waals surface area contributed by atoms with Crippen molar-refractivity contribution >= 4 is 34.9 Å². The monoisotopic (exact) mass is 406 g/mol. The fourth-order valence-electron chi connectivity index (χ4n) is 3.19. The van der Waals surface area contributed by atoms with Gasteiger partial charge in [-0.05, 0) is 36.6 Å². The van der Waals surface area contributed by atoms with Gasteiger partial charge in [0.15, 0.2) is 0 Å². The first-order valence-electron chi connectivity index (χ1n) is 9.32. The normalized spacial score (nSPS) is 17.8. The number of aromatic nitrogens is 2. The zero-order valence-electron chi connectivity index (χ0n) is 15.5. The van der Waals surface area contributed by atoms with Gasteiger partial charge in [-0.25, -0.2) is 4.98 Å². The number of carbonyl (C=O) groups is 2. The Labute approximate surface area is 173 Å². The van der Waals surface area contributed by atoms with E-state index in [4.69, 9.17) is 11.6 Å². The average Bonchev–Trinajstić information content (AvgIpc) is 2.72.